The number of amides is 1. The Labute approximate surface area is 121 Å². The number of hydrogen-bond acceptors (Lipinski definition) is 4. The topological polar surface area (TPSA) is 48.5 Å². The summed E-state index contributed by atoms with van der Waals surface area (Å²) in [4.78, 5) is 21.2. The van der Waals surface area contributed by atoms with Crippen molar-refractivity contribution in [3.05, 3.63) is 23.9 Å². The van der Waals surface area contributed by atoms with Crippen LogP contribution in [0.25, 0.3) is 0 Å². The maximum absolute atomic E-state index is 12.6. The van der Waals surface area contributed by atoms with Crippen molar-refractivity contribution in [3.8, 4) is 0 Å². The number of carbonyl (C=O) groups is 1. The monoisotopic (exact) mass is 276 g/mol. The molecule has 0 radical (unpaired) electrons. The molecule has 1 saturated heterocycles. The first-order valence-electron chi connectivity index (χ1n) is 7.32. The molecule has 1 unspecified atom stereocenters. The van der Waals surface area contributed by atoms with Crippen LogP contribution < -0.4 is 5.32 Å². The van der Waals surface area contributed by atoms with E-state index in [1.54, 1.807) is 6.07 Å². The zero-order valence-corrected chi connectivity index (χ0v) is 12.6. The van der Waals surface area contributed by atoms with Crippen molar-refractivity contribution in [1.82, 2.24) is 14.8 Å². The third-order valence-corrected chi connectivity index (χ3v) is 3.62. The predicted molar refractivity (Wildman–Crippen MR) is 81.0 cm³/mol. The van der Waals surface area contributed by atoms with E-state index in [-0.39, 0.29) is 11.9 Å². The van der Waals surface area contributed by atoms with Gasteiger partial charge in [0.2, 0.25) is 0 Å². The first-order valence-corrected chi connectivity index (χ1v) is 7.32. The van der Waals surface area contributed by atoms with E-state index >= 15 is 0 Å². The molecule has 110 valence electrons. The van der Waals surface area contributed by atoms with Gasteiger partial charge in [-0.05, 0) is 32.5 Å². The third-order valence-electron chi connectivity index (χ3n) is 3.62. The third kappa shape index (κ3) is 3.48. The van der Waals surface area contributed by atoms with Gasteiger partial charge in [0.15, 0.2) is 0 Å². The van der Waals surface area contributed by atoms with Crippen LogP contribution in [0.4, 0.5) is 5.82 Å². The zero-order valence-electron chi connectivity index (χ0n) is 12.6. The molecule has 2 heterocycles. The summed E-state index contributed by atoms with van der Waals surface area (Å²) < 4.78 is 0. The number of pyridine rings is 1. The van der Waals surface area contributed by atoms with Crippen molar-refractivity contribution in [1.29, 1.82) is 0 Å². The Kier molecular flexibility index (Phi) is 4.95. The minimum absolute atomic E-state index is 0.0331. The second-order valence-electron chi connectivity index (χ2n) is 5.44. The van der Waals surface area contributed by atoms with Crippen LogP contribution in [-0.2, 0) is 0 Å². The molecule has 0 aromatic carbocycles. The van der Waals surface area contributed by atoms with Crippen molar-refractivity contribution in [2.75, 3.05) is 38.5 Å². The Balaban J connectivity index is 2.08. The van der Waals surface area contributed by atoms with Gasteiger partial charge in [0.25, 0.3) is 5.91 Å². The number of anilines is 1. The summed E-state index contributed by atoms with van der Waals surface area (Å²) in [6, 6.07) is 5.82. The lowest BCUT2D eigenvalue weighted by Crippen LogP contribution is -2.52. The number of nitrogens with zero attached hydrogens (tertiary/aromatic N) is 3. The first-order chi connectivity index (χ1) is 9.61. The number of carbonyl (C=O) groups excluding carboxylic acids is 1. The summed E-state index contributed by atoms with van der Waals surface area (Å²) in [5, 5.41) is 3.22. The second-order valence-corrected chi connectivity index (χ2v) is 5.44. The van der Waals surface area contributed by atoms with Crippen molar-refractivity contribution >= 4 is 11.7 Å². The van der Waals surface area contributed by atoms with Crippen LogP contribution in [0.15, 0.2) is 18.2 Å². The van der Waals surface area contributed by atoms with Gasteiger partial charge in [-0.15, -0.1) is 0 Å². The number of aromatic nitrogens is 1. The van der Waals surface area contributed by atoms with Crippen molar-refractivity contribution in [3.63, 3.8) is 0 Å². The number of likely N-dealkylation sites (N-methyl/N-ethyl adjacent to an activating group) is 1. The Bertz CT molecular complexity index is 463. The molecular formula is C15H24N4O. The minimum Gasteiger partial charge on any atom is -0.370 e. The van der Waals surface area contributed by atoms with E-state index in [9.17, 15) is 4.79 Å². The van der Waals surface area contributed by atoms with Gasteiger partial charge in [-0.3, -0.25) is 4.79 Å². The van der Waals surface area contributed by atoms with Gasteiger partial charge in [0, 0.05) is 32.2 Å². The van der Waals surface area contributed by atoms with Crippen molar-refractivity contribution in [2.24, 2.45) is 0 Å². The minimum atomic E-state index is 0.0331. The lowest BCUT2D eigenvalue weighted by atomic mass is 10.2. The molecule has 1 atom stereocenters. The predicted octanol–water partition coefficient (Wildman–Crippen LogP) is 1.68. The summed E-state index contributed by atoms with van der Waals surface area (Å²) in [7, 11) is 2.09. The van der Waals surface area contributed by atoms with Crippen molar-refractivity contribution in [2.45, 2.75) is 26.3 Å². The summed E-state index contributed by atoms with van der Waals surface area (Å²) >= 11 is 0. The van der Waals surface area contributed by atoms with Gasteiger partial charge < -0.3 is 15.1 Å². The van der Waals surface area contributed by atoms with E-state index in [1.807, 2.05) is 17.0 Å². The lowest BCUT2D eigenvalue weighted by Gasteiger charge is -2.38. The highest BCUT2D eigenvalue weighted by molar-refractivity contribution is 5.93. The molecule has 1 aromatic heterocycles. The number of piperazine rings is 1. The van der Waals surface area contributed by atoms with Crippen LogP contribution in [0.2, 0.25) is 0 Å². The standard InChI is InChI=1S/C15H24N4O/c1-4-8-16-14-7-5-6-13(17-14)15(20)19-10-9-18(3)11-12(19)2/h5-7,12H,4,8-11H2,1-3H3,(H,16,17). The fourth-order valence-corrected chi connectivity index (χ4v) is 2.49. The molecule has 0 aliphatic carbocycles. The molecule has 0 spiro atoms. The number of rotatable bonds is 4. The average Bonchev–Trinajstić information content (AvgIpc) is 2.45. The van der Waals surface area contributed by atoms with Gasteiger partial charge in [-0.2, -0.15) is 0 Å². The van der Waals surface area contributed by atoms with Gasteiger partial charge >= 0.3 is 0 Å². The van der Waals surface area contributed by atoms with Crippen LogP contribution in [0.3, 0.4) is 0 Å². The lowest BCUT2D eigenvalue weighted by molar-refractivity contribution is 0.0528. The Hall–Kier alpha value is -1.62. The fraction of sp³-hybridized carbons (Fsp3) is 0.600. The first kappa shape index (κ1) is 14.8. The fourth-order valence-electron chi connectivity index (χ4n) is 2.49. The van der Waals surface area contributed by atoms with E-state index < -0.39 is 0 Å². The number of nitrogens with one attached hydrogen (secondary N) is 1. The molecule has 1 aromatic rings. The summed E-state index contributed by atoms with van der Waals surface area (Å²) in [6.07, 6.45) is 1.04. The smallest absolute Gasteiger partial charge is 0.272 e. The maximum Gasteiger partial charge on any atom is 0.272 e. The van der Waals surface area contributed by atoms with E-state index in [1.165, 1.54) is 0 Å². The highest BCUT2D eigenvalue weighted by Crippen LogP contribution is 2.13. The van der Waals surface area contributed by atoms with Crippen molar-refractivity contribution < 1.29 is 4.79 Å². The normalized spacial score (nSPS) is 19.9. The molecule has 0 bridgehead atoms. The van der Waals surface area contributed by atoms with Crippen LogP contribution in [-0.4, -0.2) is 60.0 Å². The quantitative estimate of drug-likeness (QED) is 0.909. The second kappa shape index (κ2) is 6.70. The molecule has 1 aliphatic rings. The van der Waals surface area contributed by atoms with E-state index in [4.69, 9.17) is 0 Å². The highest BCUT2D eigenvalue weighted by atomic mass is 16.2. The average molecular weight is 276 g/mol. The summed E-state index contributed by atoms with van der Waals surface area (Å²) in [6.45, 7) is 7.67. The van der Waals surface area contributed by atoms with Crippen LogP contribution in [0.5, 0.6) is 0 Å². The molecular weight excluding hydrogens is 252 g/mol. The molecule has 0 saturated carbocycles. The molecule has 1 fully saturated rings. The van der Waals surface area contributed by atoms with Crippen LogP contribution >= 0.6 is 0 Å². The van der Waals surface area contributed by atoms with E-state index in [0.29, 0.717) is 5.69 Å². The SMILES string of the molecule is CCCNc1cccc(C(=O)N2CCN(C)CC2C)n1. The van der Waals surface area contributed by atoms with Crippen LogP contribution in [0, 0.1) is 0 Å². The van der Waals surface area contributed by atoms with Gasteiger partial charge in [0.05, 0.1) is 0 Å². The molecule has 1 amide bonds. The highest BCUT2D eigenvalue weighted by Gasteiger charge is 2.27. The van der Waals surface area contributed by atoms with Gasteiger partial charge in [0.1, 0.15) is 11.5 Å². The molecule has 5 nitrogen and oxygen atoms in total. The molecule has 1 aliphatic heterocycles. The number of hydrogen-bond donors (Lipinski definition) is 1. The molecule has 20 heavy (non-hydrogen) atoms. The Morgan fingerprint density at radius 2 is 2.25 bits per heavy atom. The molecule has 1 N–H and O–H groups in total. The zero-order chi connectivity index (χ0) is 14.5. The van der Waals surface area contributed by atoms with Gasteiger partial charge in [-0.1, -0.05) is 13.0 Å². The van der Waals surface area contributed by atoms with Crippen LogP contribution in [0.1, 0.15) is 30.8 Å². The summed E-state index contributed by atoms with van der Waals surface area (Å²) in [5.74, 6) is 0.810. The van der Waals surface area contributed by atoms with E-state index in [0.717, 1.165) is 38.4 Å². The van der Waals surface area contributed by atoms with E-state index in [2.05, 4.69) is 36.1 Å². The summed E-state index contributed by atoms with van der Waals surface area (Å²) in [5.41, 5.74) is 0.530. The molecule has 5 heteroatoms. The van der Waals surface area contributed by atoms with Gasteiger partial charge in [-0.25, -0.2) is 4.98 Å². The molecule has 2 rings (SSSR count). The Morgan fingerprint density at radius 3 is 2.95 bits per heavy atom. The Morgan fingerprint density at radius 1 is 1.45 bits per heavy atom. The largest absolute Gasteiger partial charge is 0.370 e. The maximum atomic E-state index is 12.6.